The largest absolute Gasteiger partial charge is 0.341 e. The molecule has 130 valence electrons. The number of nitrogens with zero attached hydrogens (tertiary/aromatic N) is 4. The van der Waals surface area contributed by atoms with E-state index in [2.05, 4.69) is 38.9 Å². The molecule has 0 aromatic carbocycles. The third-order valence-electron chi connectivity index (χ3n) is 4.37. The first-order chi connectivity index (χ1) is 12.1. The minimum absolute atomic E-state index is 0.104. The summed E-state index contributed by atoms with van der Waals surface area (Å²) in [5.41, 5.74) is 1.06. The molecule has 4 rings (SSSR count). The molecule has 0 fully saturated rings. The zero-order valence-corrected chi connectivity index (χ0v) is 15.7. The number of thiazole rings is 1. The molecule has 8 heteroatoms. The number of hydrogen-bond acceptors (Lipinski definition) is 6. The summed E-state index contributed by atoms with van der Waals surface area (Å²) in [4.78, 5) is 17.7. The number of thiophene rings is 1. The minimum atomic E-state index is -0.154. The first kappa shape index (κ1) is 16.4. The Bertz CT molecular complexity index is 881. The molecule has 1 unspecified atom stereocenters. The second kappa shape index (κ2) is 6.68. The van der Waals surface area contributed by atoms with Crippen LogP contribution in [0.3, 0.4) is 0 Å². The number of amides is 1. The molecular formula is C17H19N5OS2. The second-order valence-corrected chi connectivity index (χ2v) is 8.28. The summed E-state index contributed by atoms with van der Waals surface area (Å²) in [7, 11) is 0. The van der Waals surface area contributed by atoms with Crippen LogP contribution < -0.4 is 5.32 Å². The second-order valence-electron chi connectivity index (χ2n) is 6.47. The Labute approximate surface area is 153 Å². The van der Waals surface area contributed by atoms with Crippen molar-refractivity contribution >= 4 is 28.6 Å². The Balaban J connectivity index is 1.55. The highest BCUT2D eigenvalue weighted by atomic mass is 32.1. The van der Waals surface area contributed by atoms with E-state index in [9.17, 15) is 4.79 Å². The van der Waals surface area contributed by atoms with Crippen molar-refractivity contribution in [3.8, 4) is 10.6 Å². The molecule has 0 aliphatic carbocycles. The van der Waals surface area contributed by atoms with E-state index in [1.807, 2.05) is 16.8 Å². The van der Waals surface area contributed by atoms with E-state index in [-0.39, 0.29) is 17.9 Å². The van der Waals surface area contributed by atoms with Crippen molar-refractivity contribution < 1.29 is 4.79 Å². The third kappa shape index (κ3) is 3.11. The Morgan fingerprint density at radius 1 is 1.36 bits per heavy atom. The molecule has 1 atom stereocenters. The van der Waals surface area contributed by atoms with Crippen LogP contribution in [0.5, 0.6) is 0 Å². The summed E-state index contributed by atoms with van der Waals surface area (Å²) in [5.74, 6) is 2.00. The summed E-state index contributed by atoms with van der Waals surface area (Å²) in [5, 5.41) is 16.7. The van der Waals surface area contributed by atoms with Gasteiger partial charge in [0.05, 0.1) is 12.2 Å². The average molecular weight is 374 g/mol. The van der Waals surface area contributed by atoms with Crippen molar-refractivity contribution in [2.45, 2.75) is 39.3 Å². The Kier molecular flexibility index (Phi) is 4.39. The molecule has 1 amide bonds. The van der Waals surface area contributed by atoms with Crippen LogP contribution in [0.25, 0.3) is 10.6 Å². The molecule has 1 N–H and O–H groups in total. The monoisotopic (exact) mass is 373 g/mol. The fourth-order valence-corrected chi connectivity index (χ4v) is 4.57. The number of rotatable bonds is 5. The highest BCUT2D eigenvalue weighted by Gasteiger charge is 2.28. The van der Waals surface area contributed by atoms with Crippen LogP contribution in [0, 0.1) is 5.92 Å². The standard InChI is InChI=1S/C17H19N5OS2/c1-10(2)14(15-21-20-13-4-3-6-22(13)15)19-16(23)12-8-18-17(25-12)11-5-7-24-9-11/h5,7-10,14H,3-4,6H2,1-2H3,(H,19,23). The molecule has 0 saturated carbocycles. The lowest BCUT2D eigenvalue weighted by atomic mass is 10.0. The first-order valence-corrected chi connectivity index (χ1v) is 10.1. The lowest BCUT2D eigenvalue weighted by molar-refractivity contribution is 0.0926. The normalized spacial score (nSPS) is 14.7. The van der Waals surface area contributed by atoms with Crippen molar-refractivity contribution in [2.75, 3.05) is 0 Å². The van der Waals surface area contributed by atoms with Crippen molar-refractivity contribution in [2.24, 2.45) is 5.92 Å². The zero-order valence-electron chi connectivity index (χ0n) is 14.1. The van der Waals surface area contributed by atoms with Crippen LogP contribution in [-0.4, -0.2) is 25.7 Å². The van der Waals surface area contributed by atoms with E-state index in [0.717, 1.165) is 41.6 Å². The number of nitrogens with one attached hydrogen (secondary N) is 1. The number of carbonyl (C=O) groups excluding carboxylic acids is 1. The Morgan fingerprint density at radius 3 is 3.00 bits per heavy atom. The maximum atomic E-state index is 12.7. The van der Waals surface area contributed by atoms with Gasteiger partial charge in [-0.25, -0.2) is 4.98 Å². The molecule has 3 aromatic rings. The van der Waals surface area contributed by atoms with Gasteiger partial charge in [0.2, 0.25) is 0 Å². The summed E-state index contributed by atoms with van der Waals surface area (Å²) < 4.78 is 2.15. The predicted octanol–water partition coefficient (Wildman–Crippen LogP) is 3.54. The fourth-order valence-electron chi connectivity index (χ4n) is 3.04. The van der Waals surface area contributed by atoms with E-state index < -0.39 is 0 Å². The van der Waals surface area contributed by atoms with Crippen molar-refractivity contribution in [1.82, 2.24) is 25.1 Å². The molecule has 0 saturated heterocycles. The van der Waals surface area contributed by atoms with Gasteiger partial charge in [-0.3, -0.25) is 4.79 Å². The van der Waals surface area contributed by atoms with E-state index in [4.69, 9.17) is 0 Å². The van der Waals surface area contributed by atoms with E-state index in [1.165, 1.54) is 11.3 Å². The highest BCUT2D eigenvalue weighted by molar-refractivity contribution is 7.17. The number of aromatic nitrogens is 4. The lowest BCUT2D eigenvalue weighted by Crippen LogP contribution is -2.33. The van der Waals surface area contributed by atoms with Crippen LogP contribution in [0.1, 0.15) is 47.6 Å². The summed E-state index contributed by atoms with van der Waals surface area (Å²) in [6, 6.07) is 1.86. The van der Waals surface area contributed by atoms with Gasteiger partial charge in [-0.15, -0.1) is 21.5 Å². The zero-order chi connectivity index (χ0) is 17.4. The van der Waals surface area contributed by atoms with Crippen molar-refractivity contribution in [3.63, 3.8) is 0 Å². The number of hydrogen-bond donors (Lipinski definition) is 1. The minimum Gasteiger partial charge on any atom is -0.341 e. The van der Waals surface area contributed by atoms with E-state index in [0.29, 0.717) is 4.88 Å². The maximum absolute atomic E-state index is 12.7. The molecule has 0 bridgehead atoms. The molecule has 3 aromatic heterocycles. The van der Waals surface area contributed by atoms with Gasteiger partial charge in [-0.05, 0) is 23.8 Å². The highest BCUT2D eigenvalue weighted by Crippen LogP contribution is 2.29. The summed E-state index contributed by atoms with van der Waals surface area (Å²) in [6.45, 7) is 5.11. The summed E-state index contributed by atoms with van der Waals surface area (Å²) in [6.07, 6.45) is 3.71. The number of carbonyl (C=O) groups is 1. The molecule has 4 heterocycles. The molecule has 1 aliphatic rings. The predicted molar refractivity (Wildman–Crippen MR) is 98.8 cm³/mol. The quantitative estimate of drug-likeness (QED) is 0.742. The topological polar surface area (TPSA) is 72.7 Å². The van der Waals surface area contributed by atoms with E-state index >= 15 is 0 Å². The van der Waals surface area contributed by atoms with Crippen LogP contribution in [-0.2, 0) is 13.0 Å². The van der Waals surface area contributed by atoms with Crippen LogP contribution >= 0.6 is 22.7 Å². The van der Waals surface area contributed by atoms with Gasteiger partial charge in [0, 0.05) is 23.9 Å². The summed E-state index contributed by atoms with van der Waals surface area (Å²) >= 11 is 3.04. The fraction of sp³-hybridized carbons (Fsp3) is 0.412. The van der Waals surface area contributed by atoms with Crippen molar-refractivity contribution in [1.29, 1.82) is 0 Å². The molecule has 0 spiro atoms. The van der Waals surface area contributed by atoms with Gasteiger partial charge in [-0.2, -0.15) is 11.3 Å². The molecule has 1 aliphatic heterocycles. The van der Waals surface area contributed by atoms with Gasteiger partial charge in [0.1, 0.15) is 15.7 Å². The molecule has 0 radical (unpaired) electrons. The van der Waals surface area contributed by atoms with Crippen LogP contribution in [0.15, 0.2) is 23.0 Å². The van der Waals surface area contributed by atoms with Crippen molar-refractivity contribution in [3.05, 3.63) is 39.5 Å². The third-order valence-corrected chi connectivity index (χ3v) is 6.10. The Hall–Kier alpha value is -2.06. The van der Waals surface area contributed by atoms with Gasteiger partial charge in [0.15, 0.2) is 5.82 Å². The van der Waals surface area contributed by atoms with Gasteiger partial charge < -0.3 is 9.88 Å². The average Bonchev–Trinajstić information content (AvgIpc) is 3.36. The van der Waals surface area contributed by atoms with Gasteiger partial charge in [-0.1, -0.05) is 13.8 Å². The smallest absolute Gasteiger partial charge is 0.263 e. The van der Waals surface area contributed by atoms with Gasteiger partial charge >= 0.3 is 0 Å². The number of fused-ring (bicyclic) bond motifs is 1. The SMILES string of the molecule is CC(C)C(NC(=O)c1cnc(-c2ccsc2)s1)c1nnc2n1CCC2. The molecular weight excluding hydrogens is 354 g/mol. The Morgan fingerprint density at radius 2 is 2.24 bits per heavy atom. The molecule has 6 nitrogen and oxygen atoms in total. The maximum Gasteiger partial charge on any atom is 0.263 e. The van der Waals surface area contributed by atoms with E-state index in [1.54, 1.807) is 17.5 Å². The van der Waals surface area contributed by atoms with Crippen LogP contribution in [0.2, 0.25) is 0 Å². The number of aryl methyl sites for hydroxylation is 1. The first-order valence-electron chi connectivity index (χ1n) is 8.34. The lowest BCUT2D eigenvalue weighted by Gasteiger charge is -2.21. The van der Waals surface area contributed by atoms with Gasteiger partial charge in [0.25, 0.3) is 5.91 Å². The van der Waals surface area contributed by atoms with Crippen LogP contribution in [0.4, 0.5) is 0 Å². The molecule has 25 heavy (non-hydrogen) atoms.